The van der Waals surface area contributed by atoms with E-state index in [1.807, 2.05) is 4.90 Å². The Morgan fingerprint density at radius 3 is 2.81 bits per heavy atom. The Balaban J connectivity index is 1.73. The summed E-state index contributed by atoms with van der Waals surface area (Å²) >= 11 is 0. The lowest BCUT2D eigenvalue weighted by atomic mass is 10.1. The van der Waals surface area contributed by atoms with Crippen molar-refractivity contribution in [2.45, 2.75) is 64.8 Å². The summed E-state index contributed by atoms with van der Waals surface area (Å²) < 4.78 is 0. The molecular formula is C22H36N4O. The van der Waals surface area contributed by atoms with E-state index in [0.29, 0.717) is 18.4 Å². The number of hydrogen-bond acceptors (Lipinski definition) is 2. The molecule has 1 atom stereocenters. The maximum Gasteiger partial charge on any atom is 0.222 e. The number of aliphatic imine (C=N–C) groups is 1. The van der Waals surface area contributed by atoms with Gasteiger partial charge in [-0.3, -0.25) is 9.79 Å². The van der Waals surface area contributed by atoms with Crippen molar-refractivity contribution in [2.24, 2.45) is 4.99 Å². The fourth-order valence-electron chi connectivity index (χ4n) is 3.38. The highest BCUT2D eigenvalue weighted by Crippen LogP contribution is 2.11. The summed E-state index contributed by atoms with van der Waals surface area (Å²) in [5.41, 5.74) is 1.37. The van der Waals surface area contributed by atoms with Gasteiger partial charge in [-0.25, -0.2) is 0 Å². The first-order chi connectivity index (χ1) is 13.2. The van der Waals surface area contributed by atoms with E-state index in [1.165, 1.54) is 12.0 Å². The van der Waals surface area contributed by atoms with Crippen molar-refractivity contribution in [3.8, 4) is 0 Å². The third kappa shape index (κ3) is 8.46. The summed E-state index contributed by atoms with van der Waals surface area (Å²) in [7, 11) is 0. The van der Waals surface area contributed by atoms with Crippen LogP contribution in [0.15, 0.2) is 35.3 Å². The van der Waals surface area contributed by atoms with Crippen molar-refractivity contribution in [1.82, 2.24) is 15.5 Å². The van der Waals surface area contributed by atoms with Crippen LogP contribution in [0.2, 0.25) is 0 Å². The molecule has 0 aliphatic carbocycles. The molecule has 1 amide bonds. The van der Waals surface area contributed by atoms with E-state index < -0.39 is 0 Å². The molecule has 1 aliphatic heterocycles. The van der Waals surface area contributed by atoms with Crippen LogP contribution in [0.5, 0.6) is 0 Å². The summed E-state index contributed by atoms with van der Waals surface area (Å²) in [6.45, 7) is 7.61. The third-order valence-electron chi connectivity index (χ3n) is 4.96. The molecule has 0 bridgehead atoms. The summed E-state index contributed by atoms with van der Waals surface area (Å²) in [4.78, 5) is 18.8. The number of likely N-dealkylation sites (tertiary alicyclic amines) is 1. The number of carbonyl (C=O) groups is 1. The molecule has 1 aromatic carbocycles. The van der Waals surface area contributed by atoms with Crippen LogP contribution in [0.3, 0.4) is 0 Å². The average molecular weight is 373 g/mol. The van der Waals surface area contributed by atoms with E-state index in [1.54, 1.807) is 0 Å². The van der Waals surface area contributed by atoms with Crippen molar-refractivity contribution >= 4 is 11.9 Å². The van der Waals surface area contributed by atoms with Gasteiger partial charge in [0.05, 0.1) is 0 Å². The second kappa shape index (κ2) is 12.4. The minimum Gasteiger partial charge on any atom is -0.357 e. The van der Waals surface area contributed by atoms with Crippen LogP contribution in [-0.4, -0.2) is 49.0 Å². The van der Waals surface area contributed by atoms with Crippen LogP contribution in [0.4, 0.5) is 0 Å². The zero-order valence-electron chi connectivity index (χ0n) is 17.0. The summed E-state index contributed by atoms with van der Waals surface area (Å²) in [5, 5.41) is 6.83. The van der Waals surface area contributed by atoms with Gasteiger partial charge in [0.25, 0.3) is 0 Å². The summed E-state index contributed by atoms with van der Waals surface area (Å²) in [6, 6.07) is 10.9. The predicted molar refractivity (Wildman–Crippen MR) is 113 cm³/mol. The van der Waals surface area contributed by atoms with Crippen LogP contribution in [-0.2, 0) is 11.2 Å². The fraction of sp³-hybridized carbons (Fsp3) is 0.636. The lowest BCUT2D eigenvalue weighted by Crippen LogP contribution is -2.42. The van der Waals surface area contributed by atoms with Gasteiger partial charge < -0.3 is 15.5 Å². The second-order valence-electron chi connectivity index (χ2n) is 7.38. The standard InChI is InChI=1S/C22H36N4O/c1-3-23-22(25-19(2)14-15-20-11-6-4-7-12-20)24-16-10-18-26-17-9-5-8-13-21(26)27/h4,6-7,11-12,19H,3,5,8-10,13-18H2,1-2H3,(H2,23,24,25). The highest BCUT2D eigenvalue weighted by Gasteiger charge is 2.15. The molecule has 2 rings (SSSR count). The Morgan fingerprint density at radius 1 is 1.22 bits per heavy atom. The smallest absolute Gasteiger partial charge is 0.222 e. The van der Waals surface area contributed by atoms with Crippen molar-refractivity contribution in [3.63, 3.8) is 0 Å². The number of guanidine groups is 1. The first-order valence-electron chi connectivity index (χ1n) is 10.6. The minimum absolute atomic E-state index is 0.316. The Morgan fingerprint density at radius 2 is 2.04 bits per heavy atom. The van der Waals surface area contributed by atoms with Crippen molar-refractivity contribution < 1.29 is 4.79 Å². The zero-order chi connectivity index (χ0) is 19.3. The lowest BCUT2D eigenvalue weighted by molar-refractivity contribution is -0.130. The van der Waals surface area contributed by atoms with Gasteiger partial charge >= 0.3 is 0 Å². The second-order valence-corrected chi connectivity index (χ2v) is 7.38. The minimum atomic E-state index is 0.316. The number of aryl methyl sites for hydroxylation is 1. The molecule has 0 aromatic heterocycles. The normalized spacial score (nSPS) is 16.7. The molecule has 5 nitrogen and oxygen atoms in total. The number of amides is 1. The number of carbonyl (C=O) groups excluding carboxylic acids is 1. The van der Waals surface area contributed by atoms with Crippen molar-refractivity contribution in [3.05, 3.63) is 35.9 Å². The molecule has 1 saturated heterocycles. The van der Waals surface area contributed by atoms with Gasteiger partial charge in [0.2, 0.25) is 5.91 Å². The SMILES string of the molecule is CCNC(=NCCCN1CCCCCC1=O)NC(C)CCc1ccccc1. The molecular weight excluding hydrogens is 336 g/mol. The quantitative estimate of drug-likeness (QED) is 0.397. The molecule has 1 unspecified atom stereocenters. The topological polar surface area (TPSA) is 56.7 Å². The van der Waals surface area contributed by atoms with E-state index in [0.717, 1.165) is 64.2 Å². The van der Waals surface area contributed by atoms with Crippen LogP contribution >= 0.6 is 0 Å². The molecule has 1 aliphatic rings. The van der Waals surface area contributed by atoms with E-state index in [2.05, 4.69) is 54.8 Å². The lowest BCUT2D eigenvalue weighted by Gasteiger charge is -2.20. The van der Waals surface area contributed by atoms with Crippen LogP contribution in [0, 0.1) is 0 Å². The first kappa shape index (κ1) is 21.3. The number of nitrogens with one attached hydrogen (secondary N) is 2. The fourth-order valence-corrected chi connectivity index (χ4v) is 3.38. The third-order valence-corrected chi connectivity index (χ3v) is 4.96. The highest BCUT2D eigenvalue weighted by atomic mass is 16.2. The molecule has 1 heterocycles. The average Bonchev–Trinajstić information content (AvgIpc) is 2.88. The summed E-state index contributed by atoms with van der Waals surface area (Å²) in [5.74, 6) is 1.19. The summed E-state index contributed by atoms with van der Waals surface area (Å²) in [6.07, 6.45) is 7.12. The Kier molecular flexibility index (Phi) is 9.74. The Hall–Kier alpha value is -2.04. The van der Waals surface area contributed by atoms with Gasteiger partial charge in [0.15, 0.2) is 5.96 Å². The van der Waals surface area contributed by atoms with E-state index >= 15 is 0 Å². The van der Waals surface area contributed by atoms with Gasteiger partial charge in [-0.2, -0.15) is 0 Å². The van der Waals surface area contributed by atoms with Crippen molar-refractivity contribution in [1.29, 1.82) is 0 Å². The van der Waals surface area contributed by atoms with Crippen LogP contribution < -0.4 is 10.6 Å². The molecule has 27 heavy (non-hydrogen) atoms. The van der Waals surface area contributed by atoms with Gasteiger partial charge in [-0.05, 0) is 51.5 Å². The van der Waals surface area contributed by atoms with Crippen LogP contribution in [0.1, 0.15) is 57.9 Å². The molecule has 0 spiro atoms. The maximum atomic E-state index is 12.0. The molecule has 0 saturated carbocycles. The van der Waals surface area contributed by atoms with E-state index in [4.69, 9.17) is 4.99 Å². The van der Waals surface area contributed by atoms with E-state index in [9.17, 15) is 4.79 Å². The van der Waals surface area contributed by atoms with Gasteiger partial charge in [0.1, 0.15) is 0 Å². The Bertz CT molecular complexity index is 573. The number of hydrogen-bond donors (Lipinski definition) is 2. The molecule has 150 valence electrons. The molecule has 1 aromatic rings. The number of benzene rings is 1. The molecule has 2 N–H and O–H groups in total. The monoisotopic (exact) mass is 372 g/mol. The Labute approximate surface area is 164 Å². The number of rotatable bonds is 9. The van der Waals surface area contributed by atoms with Gasteiger partial charge in [0, 0.05) is 38.6 Å². The highest BCUT2D eigenvalue weighted by molar-refractivity contribution is 5.80. The van der Waals surface area contributed by atoms with Crippen LogP contribution in [0.25, 0.3) is 0 Å². The largest absolute Gasteiger partial charge is 0.357 e. The zero-order valence-corrected chi connectivity index (χ0v) is 17.0. The first-order valence-corrected chi connectivity index (χ1v) is 10.6. The molecule has 0 radical (unpaired) electrons. The predicted octanol–water partition coefficient (Wildman–Crippen LogP) is 3.36. The maximum absolute atomic E-state index is 12.0. The van der Waals surface area contributed by atoms with Crippen molar-refractivity contribution in [2.75, 3.05) is 26.2 Å². The van der Waals surface area contributed by atoms with Gasteiger partial charge in [-0.1, -0.05) is 36.8 Å². The van der Waals surface area contributed by atoms with Gasteiger partial charge in [-0.15, -0.1) is 0 Å². The molecule has 1 fully saturated rings. The number of nitrogens with zero attached hydrogens (tertiary/aromatic N) is 2. The molecule has 5 heteroatoms. The van der Waals surface area contributed by atoms with E-state index in [-0.39, 0.29) is 0 Å².